The Hall–Kier alpha value is -0.160. The maximum absolute atomic E-state index is 11.7. The van der Waals surface area contributed by atoms with Crippen LogP contribution < -0.4 is 5.32 Å². The fourth-order valence-electron chi connectivity index (χ4n) is 1.63. The van der Waals surface area contributed by atoms with Gasteiger partial charge in [-0.3, -0.25) is 9.59 Å². The van der Waals surface area contributed by atoms with E-state index >= 15 is 0 Å². The van der Waals surface area contributed by atoms with Gasteiger partial charge < -0.3 is 5.32 Å². The molecule has 0 bridgehead atoms. The normalized spacial score (nSPS) is 12.3. The number of carbonyl (C=O) groups excluding carboxylic acids is 2. The molecule has 5 heteroatoms. The van der Waals surface area contributed by atoms with Crippen LogP contribution in [0.3, 0.4) is 0 Å². The van der Waals surface area contributed by atoms with E-state index in [4.69, 9.17) is 0 Å². The first-order valence-corrected chi connectivity index (χ1v) is 10.4. The molecule has 0 fully saturated rings. The Balaban J connectivity index is 3.48. The van der Waals surface area contributed by atoms with Crippen LogP contribution in [-0.4, -0.2) is 28.7 Å². The van der Waals surface area contributed by atoms with E-state index in [9.17, 15) is 9.59 Å². The molecule has 130 valence electrons. The van der Waals surface area contributed by atoms with E-state index in [0.29, 0.717) is 18.6 Å². The average molecular weight is 348 g/mol. The highest BCUT2D eigenvalue weighted by atomic mass is 33.1. The monoisotopic (exact) mass is 347 g/mol. The minimum atomic E-state index is -0.225. The molecule has 0 aliphatic heterocycles. The van der Waals surface area contributed by atoms with Crippen molar-refractivity contribution in [3.63, 3.8) is 0 Å². The molecule has 22 heavy (non-hydrogen) atoms. The number of unbranched alkanes of at least 4 members (excludes halogenated alkanes) is 2. The van der Waals surface area contributed by atoms with Gasteiger partial charge in [0.25, 0.3) is 0 Å². The van der Waals surface area contributed by atoms with Crippen LogP contribution in [0.5, 0.6) is 0 Å². The Kier molecular flexibility index (Phi) is 10.5. The summed E-state index contributed by atoms with van der Waals surface area (Å²) < 4.78 is 0.242. The van der Waals surface area contributed by atoms with Gasteiger partial charge in [-0.25, -0.2) is 0 Å². The van der Waals surface area contributed by atoms with E-state index in [1.54, 1.807) is 10.8 Å². The van der Waals surface area contributed by atoms with E-state index in [1.807, 2.05) is 31.6 Å². The summed E-state index contributed by atoms with van der Waals surface area (Å²) in [6.45, 7) is 13.1. The van der Waals surface area contributed by atoms with Crippen molar-refractivity contribution in [2.24, 2.45) is 5.41 Å². The van der Waals surface area contributed by atoms with E-state index in [0.717, 1.165) is 31.6 Å². The Bertz CT molecular complexity index is 344. The third-order valence-corrected chi connectivity index (χ3v) is 6.30. The van der Waals surface area contributed by atoms with E-state index < -0.39 is 0 Å². The molecule has 3 nitrogen and oxygen atoms in total. The van der Waals surface area contributed by atoms with Crippen molar-refractivity contribution >= 4 is 33.3 Å². The van der Waals surface area contributed by atoms with Crippen LogP contribution in [-0.2, 0) is 9.59 Å². The first-order chi connectivity index (χ1) is 10.0. The van der Waals surface area contributed by atoms with Crippen molar-refractivity contribution < 1.29 is 9.59 Å². The van der Waals surface area contributed by atoms with Crippen LogP contribution in [0.15, 0.2) is 0 Å². The Morgan fingerprint density at radius 2 is 1.55 bits per heavy atom. The summed E-state index contributed by atoms with van der Waals surface area (Å²) in [5, 5.41) is 2.95. The van der Waals surface area contributed by atoms with Crippen molar-refractivity contribution in [1.29, 1.82) is 0 Å². The zero-order chi connectivity index (χ0) is 17.2. The summed E-state index contributed by atoms with van der Waals surface area (Å²) in [5.41, 5.74) is -0.225. The third kappa shape index (κ3) is 13.5. The predicted octanol–water partition coefficient (Wildman–Crippen LogP) is 4.85. The van der Waals surface area contributed by atoms with Gasteiger partial charge in [-0.15, -0.1) is 0 Å². The van der Waals surface area contributed by atoms with Crippen LogP contribution in [0.4, 0.5) is 0 Å². The van der Waals surface area contributed by atoms with Gasteiger partial charge in [0.1, 0.15) is 5.78 Å². The zero-order valence-corrected chi connectivity index (χ0v) is 16.7. The molecular weight excluding hydrogens is 314 g/mol. The van der Waals surface area contributed by atoms with Crippen LogP contribution in [0, 0.1) is 5.41 Å². The van der Waals surface area contributed by atoms with Crippen LogP contribution in [0.25, 0.3) is 0 Å². The molecule has 0 aromatic heterocycles. The van der Waals surface area contributed by atoms with E-state index in [1.165, 1.54) is 0 Å². The lowest BCUT2D eigenvalue weighted by Crippen LogP contribution is -2.24. The second kappa shape index (κ2) is 10.6. The molecule has 0 saturated heterocycles. The molecule has 0 saturated carbocycles. The second-order valence-electron chi connectivity index (χ2n) is 7.60. The van der Waals surface area contributed by atoms with Gasteiger partial charge in [0.05, 0.1) is 0 Å². The Morgan fingerprint density at radius 1 is 0.909 bits per heavy atom. The van der Waals surface area contributed by atoms with Gasteiger partial charge in [-0.2, -0.15) is 0 Å². The highest BCUT2D eigenvalue weighted by Crippen LogP contribution is 2.35. The molecule has 0 spiro atoms. The number of Topliss-reactive ketones (excluding diaryl/α,β-unsaturated/α-hetero) is 1. The Labute approximate surface area is 144 Å². The summed E-state index contributed by atoms with van der Waals surface area (Å²) in [6.07, 6.45) is 4.10. The van der Waals surface area contributed by atoms with Gasteiger partial charge in [-0.05, 0) is 12.8 Å². The molecule has 0 aromatic rings. The first kappa shape index (κ1) is 21.8. The molecule has 1 N–H and O–H groups in total. The molecular formula is C17H33NO2S2. The number of rotatable bonds is 10. The van der Waals surface area contributed by atoms with Crippen molar-refractivity contribution in [2.45, 2.75) is 78.4 Å². The third-order valence-electron chi connectivity index (χ3n) is 2.96. The molecule has 1 amide bonds. The van der Waals surface area contributed by atoms with Gasteiger partial charge in [-0.1, -0.05) is 69.6 Å². The summed E-state index contributed by atoms with van der Waals surface area (Å²) in [6, 6.07) is 0. The molecule has 0 radical (unpaired) electrons. The van der Waals surface area contributed by atoms with Crippen LogP contribution in [0.1, 0.15) is 73.6 Å². The van der Waals surface area contributed by atoms with Crippen LogP contribution in [0.2, 0.25) is 0 Å². The molecule has 0 aromatic carbocycles. The fourth-order valence-corrected chi connectivity index (χ4v) is 3.90. The zero-order valence-electron chi connectivity index (χ0n) is 15.1. The minimum Gasteiger partial charge on any atom is -0.356 e. The van der Waals surface area contributed by atoms with Gasteiger partial charge >= 0.3 is 0 Å². The van der Waals surface area contributed by atoms with E-state index in [2.05, 4.69) is 26.1 Å². The van der Waals surface area contributed by atoms with E-state index in [-0.39, 0.29) is 16.1 Å². The summed E-state index contributed by atoms with van der Waals surface area (Å²) in [7, 11) is 3.58. The topological polar surface area (TPSA) is 46.2 Å². The maximum Gasteiger partial charge on any atom is 0.220 e. The molecule has 0 atom stereocenters. The van der Waals surface area contributed by atoms with Gasteiger partial charge in [0.15, 0.2) is 0 Å². The van der Waals surface area contributed by atoms with Crippen molar-refractivity contribution in [3.05, 3.63) is 0 Å². The van der Waals surface area contributed by atoms with Gasteiger partial charge in [0.2, 0.25) is 5.91 Å². The standard InChI is InChI=1S/C17H33NO2S2/c1-16(2,3)14(19)10-8-7-9-12-18-15(20)11-13-21-22-17(4,5)6/h7-13H2,1-6H3,(H,18,20). The first-order valence-electron chi connectivity index (χ1n) is 8.13. The van der Waals surface area contributed by atoms with Crippen molar-refractivity contribution in [3.8, 4) is 0 Å². The molecule has 0 aliphatic rings. The smallest absolute Gasteiger partial charge is 0.220 e. The Morgan fingerprint density at radius 3 is 2.09 bits per heavy atom. The lowest BCUT2D eigenvalue weighted by atomic mass is 9.88. The molecule has 0 aliphatic carbocycles. The summed E-state index contributed by atoms with van der Waals surface area (Å²) >= 11 is 0. The second-order valence-corrected chi connectivity index (χ2v) is 10.8. The van der Waals surface area contributed by atoms with Crippen LogP contribution >= 0.6 is 21.6 Å². The SMILES string of the molecule is CC(C)(C)SSCCC(=O)NCCCCCC(=O)C(C)(C)C. The molecule has 0 heterocycles. The predicted molar refractivity (Wildman–Crippen MR) is 100 cm³/mol. The fraction of sp³-hybridized carbons (Fsp3) is 0.882. The van der Waals surface area contributed by atoms with Crippen molar-refractivity contribution in [1.82, 2.24) is 5.32 Å². The highest BCUT2D eigenvalue weighted by Gasteiger charge is 2.19. The molecule has 0 rings (SSSR count). The highest BCUT2D eigenvalue weighted by molar-refractivity contribution is 8.77. The summed E-state index contributed by atoms with van der Waals surface area (Å²) in [5.74, 6) is 1.31. The molecule has 0 unspecified atom stereocenters. The average Bonchev–Trinajstić information content (AvgIpc) is 2.36. The maximum atomic E-state index is 11.7. The lowest BCUT2D eigenvalue weighted by molar-refractivity contribution is -0.126. The number of nitrogens with one attached hydrogen (secondary N) is 1. The quantitative estimate of drug-likeness (QED) is 0.453. The number of amides is 1. The number of hydrogen-bond donors (Lipinski definition) is 1. The number of hydrogen-bond acceptors (Lipinski definition) is 4. The number of ketones is 1. The lowest BCUT2D eigenvalue weighted by Gasteiger charge is -2.16. The summed E-state index contributed by atoms with van der Waals surface area (Å²) in [4.78, 5) is 23.4. The minimum absolute atomic E-state index is 0.132. The number of carbonyl (C=O) groups is 2. The largest absolute Gasteiger partial charge is 0.356 e. The van der Waals surface area contributed by atoms with Crippen molar-refractivity contribution in [2.75, 3.05) is 12.3 Å². The van der Waals surface area contributed by atoms with Gasteiger partial charge in [0, 0.05) is 35.3 Å².